The zero-order valence-corrected chi connectivity index (χ0v) is 13.4. The number of aromatic amines is 1. The van der Waals surface area contributed by atoms with E-state index in [1.807, 2.05) is 40.5 Å². The summed E-state index contributed by atoms with van der Waals surface area (Å²) >= 11 is 1.43. The number of hydrogen-bond donors (Lipinski definition) is 1. The number of fused-ring (bicyclic) bond motifs is 1. The van der Waals surface area contributed by atoms with Crippen LogP contribution in [-0.4, -0.2) is 25.4 Å². The Balaban J connectivity index is 1.69. The minimum absolute atomic E-state index is 0.281. The van der Waals surface area contributed by atoms with Gasteiger partial charge in [-0.15, -0.1) is 11.3 Å². The number of thiazole rings is 1. The molecular formula is C17H13N5OS. The van der Waals surface area contributed by atoms with Crippen LogP contribution in [-0.2, 0) is 6.54 Å². The first-order valence-electron chi connectivity index (χ1n) is 7.35. The molecule has 4 rings (SSSR count). The molecule has 6 nitrogen and oxygen atoms in total. The summed E-state index contributed by atoms with van der Waals surface area (Å²) in [5.74, 6) is -0.281. The van der Waals surface area contributed by atoms with Gasteiger partial charge in [-0.1, -0.05) is 6.07 Å². The molecule has 4 heterocycles. The van der Waals surface area contributed by atoms with Gasteiger partial charge in [0, 0.05) is 41.8 Å². The van der Waals surface area contributed by atoms with E-state index in [0.29, 0.717) is 22.6 Å². The van der Waals surface area contributed by atoms with Crippen LogP contribution in [0.4, 0.5) is 0 Å². The van der Waals surface area contributed by atoms with Gasteiger partial charge in [-0.2, -0.15) is 4.99 Å². The van der Waals surface area contributed by atoms with Gasteiger partial charge in [0.05, 0.1) is 12.1 Å². The van der Waals surface area contributed by atoms with Crippen molar-refractivity contribution in [3.63, 3.8) is 0 Å². The van der Waals surface area contributed by atoms with Crippen molar-refractivity contribution in [2.45, 2.75) is 6.54 Å². The Hall–Kier alpha value is -3.06. The highest BCUT2D eigenvalue weighted by Crippen LogP contribution is 2.16. The standard InChI is InChI=1S/C17H13N5OS/c23-16(14-10-20-15-13(14)4-2-6-19-15)21-17-22(7-8-24-17)11-12-3-1-5-18-9-12/h1-10H,11H2,(H,19,20)/b21-17-. The number of H-pyrrole nitrogens is 1. The Morgan fingerprint density at radius 1 is 1.29 bits per heavy atom. The third kappa shape index (κ3) is 2.77. The van der Waals surface area contributed by atoms with E-state index in [1.165, 1.54) is 11.3 Å². The number of hydrogen-bond acceptors (Lipinski definition) is 4. The minimum Gasteiger partial charge on any atom is -0.345 e. The number of carbonyl (C=O) groups is 1. The average molecular weight is 335 g/mol. The number of aromatic nitrogens is 4. The second-order valence-corrected chi connectivity index (χ2v) is 6.07. The predicted molar refractivity (Wildman–Crippen MR) is 91.6 cm³/mol. The van der Waals surface area contributed by atoms with Gasteiger partial charge >= 0.3 is 0 Å². The molecule has 0 aliphatic heterocycles. The van der Waals surface area contributed by atoms with E-state index in [-0.39, 0.29) is 5.91 Å². The molecule has 0 saturated carbocycles. The van der Waals surface area contributed by atoms with Crippen LogP contribution in [0.3, 0.4) is 0 Å². The molecule has 0 saturated heterocycles. The fraction of sp³-hybridized carbons (Fsp3) is 0.0588. The maximum absolute atomic E-state index is 12.6. The largest absolute Gasteiger partial charge is 0.345 e. The molecule has 0 unspecified atom stereocenters. The molecule has 24 heavy (non-hydrogen) atoms. The van der Waals surface area contributed by atoms with Crippen molar-refractivity contribution < 1.29 is 4.79 Å². The first-order chi connectivity index (χ1) is 11.8. The molecule has 0 aliphatic rings. The lowest BCUT2D eigenvalue weighted by Crippen LogP contribution is -2.17. The Kier molecular flexibility index (Phi) is 3.76. The third-order valence-electron chi connectivity index (χ3n) is 3.61. The number of nitrogens with zero attached hydrogens (tertiary/aromatic N) is 4. The second-order valence-electron chi connectivity index (χ2n) is 5.19. The van der Waals surface area contributed by atoms with E-state index < -0.39 is 0 Å². The van der Waals surface area contributed by atoms with Crippen LogP contribution in [0.15, 0.2) is 65.6 Å². The van der Waals surface area contributed by atoms with Gasteiger partial charge in [0.1, 0.15) is 5.65 Å². The molecule has 4 aromatic heterocycles. The maximum Gasteiger partial charge on any atom is 0.281 e. The summed E-state index contributed by atoms with van der Waals surface area (Å²) in [6.45, 7) is 0.624. The predicted octanol–water partition coefficient (Wildman–Crippen LogP) is 2.61. The smallest absolute Gasteiger partial charge is 0.281 e. The molecule has 0 aliphatic carbocycles. The Labute approximate surface area is 141 Å². The highest BCUT2D eigenvalue weighted by atomic mass is 32.1. The summed E-state index contributed by atoms with van der Waals surface area (Å²) in [5, 5.41) is 2.70. The van der Waals surface area contributed by atoms with Crippen LogP contribution in [0.1, 0.15) is 15.9 Å². The Bertz CT molecular complexity index is 1060. The topological polar surface area (TPSA) is 75.9 Å². The van der Waals surface area contributed by atoms with Crippen LogP contribution in [0.2, 0.25) is 0 Å². The lowest BCUT2D eigenvalue weighted by molar-refractivity contribution is 0.0999. The number of amides is 1. The van der Waals surface area contributed by atoms with Gasteiger partial charge in [-0.25, -0.2) is 4.98 Å². The van der Waals surface area contributed by atoms with Crippen molar-refractivity contribution in [1.82, 2.24) is 19.5 Å². The molecule has 0 spiro atoms. The molecule has 4 aromatic rings. The van der Waals surface area contributed by atoms with Gasteiger partial charge in [-0.05, 0) is 23.8 Å². The highest BCUT2D eigenvalue weighted by molar-refractivity contribution is 7.07. The van der Waals surface area contributed by atoms with Gasteiger partial charge in [0.2, 0.25) is 0 Å². The van der Waals surface area contributed by atoms with Crippen LogP contribution in [0.5, 0.6) is 0 Å². The molecule has 0 atom stereocenters. The van der Waals surface area contributed by atoms with Crippen molar-refractivity contribution in [3.8, 4) is 0 Å². The summed E-state index contributed by atoms with van der Waals surface area (Å²) in [6.07, 6.45) is 8.80. The van der Waals surface area contributed by atoms with Crippen molar-refractivity contribution in [2.75, 3.05) is 0 Å². The molecule has 0 bridgehead atoms. The lowest BCUT2D eigenvalue weighted by Gasteiger charge is -2.02. The van der Waals surface area contributed by atoms with E-state index in [2.05, 4.69) is 19.9 Å². The third-order valence-corrected chi connectivity index (χ3v) is 4.41. The monoisotopic (exact) mass is 335 g/mol. The second kappa shape index (κ2) is 6.21. The molecule has 0 aromatic carbocycles. The molecule has 0 radical (unpaired) electrons. The average Bonchev–Trinajstić information content (AvgIpc) is 3.23. The van der Waals surface area contributed by atoms with E-state index in [9.17, 15) is 4.79 Å². The van der Waals surface area contributed by atoms with Crippen molar-refractivity contribution >= 4 is 28.3 Å². The summed E-state index contributed by atoms with van der Waals surface area (Å²) in [6, 6.07) is 7.55. The molecule has 0 fully saturated rings. The number of nitrogens with one attached hydrogen (secondary N) is 1. The molecule has 118 valence electrons. The highest BCUT2D eigenvalue weighted by Gasteiger charge is 2.12. The quantitative estimate of drug-likeness (QED) is 0.625. The fourth-order valence-corrected chi connectivity index (χ4v) is 3.20. The van der Waals surface area contributed by atoms with Crippen molar-refractivity contribution in [1.29, 1.82) is 0 Å². The first-order valence-corrected chi connectivity index (χ1v) is 8.23. The van der Waals surface area contributed by atoms with E-state index in [1.54, 1.807) is 24.7 Å². The van der Waals surface area contributed by atoms with Crippen LogP contribution >= 0.6 is 11.3 Å². The van der Waals surface area contributed by atoms with E-state index >= 15 is 0 Å². The minimum atomic E-state index is -0.281. The molecule has 7 heteroatoms. The SMILES string of the molecule is O=C(/N=c1\sccn1Cc1cccnc1)c1c[nH]c2ncccc12. The molecular weight excluding hydrogens is 322 g/mol. The normalized spacial score (nSPS) is 11.9. The number of carbonyl (C=O) groups excluding carboxylic acids is 1. The van der Waals surface area contributed by atoms with Crippen molar-refractivity contribution in [2.24, 2.45) is 4.99 Å². The van der Waals surface area contributed by atoms with Gasteiger partial charge < -0.3 is 9.55 Å². The number of pyridine rings is 2. The Morgan fingerprint density at radius 2 is 2.21 bits per heavy atom. The zero-order valence-electron chi connectivity index (χ0n) is 12.6. The lowest BCUT2D eigenvalue weighted by atomic mass is 10.2. The van der Waals surface area contributed by atoms with Crippen LogP contribution in [0, 0.1) is 0 Å². The summed E-state index contributed by atoms with van der Waals surface area (Å²) in [4.78, 5) is 28.8. The Morgan fingerprint density at radius 3 is 3.08 bits per heavy atom. The number of rotatable bonds is 3. The van der Waals surface area contributed by atoms with E-state index in [4.69, 9.17) is 0 Å². The summed E-state index contributed by atoms with van der Waals surface area (Å²) in [7, 11) is 0. The van der Waals surface area contributed by atoms with Crippen LogP contribution in [0.25, 0.3) is 11.0 Å². The summed E-state index contributed by atoms with van der Waals surface area (Å²) in [5.41, 5.74) is 2.27. The van der Waals surface area contributed by atoms with Crippen LogP contribution < -0.4 is 4.80 Å². The molecule has 1 N–H and O–H groups in total. The van der Waals surface area contributed by atoms with E-state index in [0.717, 1.165) is 10.9 Å². The van der Waals surface area contributed by atoms with Gasteiger partial charge in [-0.3, -0.25) is 9.78 Å². The molecule has 1 amide bonds. The fourth-order valence-electron chi connectivity index (χ4n) is 2.48. The zero-order chi connectivity index (χ0) is 16.4. The maximum atomic E-state index is 12.6. The van der Waals surface area contributed by atoms with Gasteiger partial charge in [0.25, 0.3) is 5.91 Å². The summed E-state index contributed by atoms with van der Waals surface area (Å²) < 4.78 is 1.94. The first kappa shape index (κ1) is 14.5. The van der Waals surface area contributed by atoms with Gasteiger partial charge in [0.15, 0.2) is 4.80 Å². The van der Waals surface area contributed by atoms with Crippen molar-refractivity contribution in [3.05, 3.63) is 76.6 Å².